The molecular formula is C5H3F3KN3O2. The van der Waals surface area contributed by atoms with E-state index in [1.807, 2.05) is 0 Å². The summed E-state index contributed by atoms with van der Waals surface area (Å²) in [6.45, 7) is 0. The number of alkyl halides is 3. The summed E-state index contributed by atoms with van der Waals surface area (Å²) < 4.78 is 36.2. The number of carboxylic acids is 1. The average Bonchev–Trinajstić information content (AvgIpc) is 2.29. The fraction of sp³-hybridized carbons (Fsp3) is 0.400. The Morgan fingerprint density at radius 3 is 2.21 bits per heavy atom. The Morgan fingerprint density at radius 2 is 2.00 bits per heavy atom. The van der Waals surface area contributed by atoms with Crippen LogP contribution < -0.4 is 56.5 Å². The molecular weight excluding hydrogens is 230 g/mol. The molecule has 1 aromatic rings. The van der Waals surface area contributed by atoms with Crippen LogP contribution >= 0.6 is 0 Å². The summed E-state index contributed by atoms with van der Waals surface area (Å²) in [5.74, 6) is -4.15. The zero-order valence-corrected chi connectivity index (χ0v) is 10.4. The predicted molar refractivity (Wildman–Crippen MR) is 30.3 cm³/mol. The van der Waals surface area contributed by atoms with Crippen LogP contribution in [0.3, 0.4) is 0 Å². The second-order valence-electron chi connectivity index (χ2n) is 2.17. The van der Waals surface area contributed by atoms with Crippen LogP contribution in [0.2, 0.25) is 0 Å². The first-order valence-electron chi connectivity index (χ1n) is 3.02. The van der Waals surface area contributed by atoms with Crippen LogP contribution in [-0.2, 0) is 13.2 Å². The number of carbonyl (C=O) groups is 1. The van der Waals surface area contributed by atoms with E-state index < -0.39 is 23.8 Å². The molecule has 0 aliphatic heterocycles. The molecule has 0 aliphatic rings. The quantitative estimate of drug-likeness (QED) is 0.466. The zero-order chi connectivity index (χ0) is 10.2. The summed E-state index contributed by atoms with van der Waals surface area (Å²) in [6, 6.07) is 0. The van der Waals surface area contributed by atoms with Crippen LogP contribution in [0.5, 0.6) is 0 Å². The minimum atomic E-state index is -4.74. The van der Waals surface area contributed by atoms with Gasteiger partial charge in [0, 0.05) is 7.05 Å². The van der Waals surface area contributed by atoms with Crippen molar-refractivity contribution < 1.29 is 74.5 Å². The molecule has 0 bridgehead atoms. The Morgan fingerprint density at radius 1 is 1.50 bits per heavy atom. The molecule has 0 unspecified atom stereocenters. The SMILES string of the molecule is Cn1nc(C(F)(F)F)nc1C(=O)[O-].[K+]. The second-order valence-corrected chi connectivity index (χ2v) is 2.17. The molecule has 1 rings (SSSR count). The third-order valence-electron chi connectivity index (χ3n) is 1.20. The topological polar surface area (TPSA) is 70.8 Å². The number of rotatable bonds is 1. The molecule has 0 fully saturated rings. The number of hydrogen-bond acceptors (Lipinski definition) is 4. The van der Waals surface area contributed by atoms with E-state index in [2.05, 4.69) is 10.1 Å². The van der Waals surface area contributed by atoms with Gasteiger partial charge in [-0.05, 0) is 0 Å². The molecule has 0 amide bonds. The van der Waals surface area contributed by atoms with E-state index in [-0.39, 0.29) is 51.4 Å². The number of carboxylic acid groups (broad SMARTS) is 1. The Hall–Kier alpha value is 0.0364. The van der Waals surface area contributed by atoms with Crippen LogP contribution in [0.15, 0.2) is 0 Å². The van der Waals surface area contributed by atoms with E-state index in [1.165, 1.54) is 0 Å². The third-order valence-corrected chi connectivity index (χ3v) is 1.20. The van der Waals surface area contributed by atoms with Gasteiger partial charge in [-0.25, -0.2) is 9.67 Å². The van der Waals surface area contributed by atoms with Crippen LogP contribution in [0, 0.1) is 0 Å². The van der Waals surface area contributed by atoms with Gasteiger partial charge in [-0.2, -0.15) is 13.2 Å². The van der Waals surface area contributed by atoms with Crippen LogP contribution in [0.1, 0.15) is 16.4 Å². The Balaban J connectivity index is 0.00000169. The van der Waals surface area contributed by atoms with Crippen molar-refractivity contribution in [2.75, 3.05) is 0 Å². The van der Waals surface area contributed by atoms with Crippen molar-refractivity contribution in [3.05, 3.63) is 11.6 Å². The summed E-state index contributed by atoms with van der Waals surface area (Å²) in [4.78, 5) is 12.9. The predicted octanol–water partition coefficient (Wildman–Crippen LogP) is -3.80. The van der Waals surface area contributed by atoms with Crippen LogP contribution in [-0.4, -0.2) is 20.7 Å². The summed E-state index contributed by atoms with van der Waals surface area (Å²) in [5, 5.41) is 13.0. The van der Waals surface area contributed by atoms with Gasteiger partial charge in [-0.3, -0.25) is 0 Å². The number of hydrogen-bond donors (Lipinski definition) is 0. The van der Waals surface area contributed by atoms with Gasteiger partial charge in [0.2, 0.25) is 0 Å². The van der Waals surface area contributed by atoms with E-state index in [4.69, 9.17) is 0 Å². The summed E-state index contributed by atoms with van der Waals surface area (Å²) in [5.41, 5.74) is 0. The molecule has 0 saturated heterocycles. The number of carbonyl (C=O) groups excluding carboxylic acids is 1. The molecule has 1 heterocycles. The summed E-state index contributed by atoms with van der Waals surface area (Å²) in [6.07, 6.45) is -4.74. The molecule has 0 radical (unpaired) electrons. The van der Waals surface area contributed by atoms with Crippen molar-refractivity contribution in [1.29, 1.82) is 0 Å². The summed E-state index contributed by atoms with van der Waals surface area (Å²) in [7, 11) is 1.04. The molecule has 1 aromatic heterocycles. The van der Waals surface area contributed by atoms with Gasteiger partial charge in [-0.15, -0.1) is 5.10 Å². The van der Waals surface area contributed by atoms with Gasteiger partial charge in [0.05, 0.1) is 0 Å². The molecule has 9 heteroatoms. The molecule has 0 spiro atoms. The zero-order valence-electron chi connectivity index (χ0n) is 7.29. The van der Waals surface area contributed by atoms with Crippen molar-refractivity contribution in [3.63, 3.8) is 0 Å². The number of aromatic carboxylic acids is 1. The van der Waals surface area contributed by atoms with E-state index >= 15 is 0 Å². The van der Waals surface area contributed by atoms with Crippen molar-refractivity contribution in [1.82, 2.24) is 14.8 Å². The van der Waals surface area contributed by atoms with Gasteiger partial charge in [0.1, 0.15) is 5.97 Å². The molecule has 0 aliphatic carbocycles. The standard InChI is InChI=1S/C5H4F3N3O2.K/c1-11-2(3(12)13)9-4(10-11)5(6,7)8;/h1H3,(H,12,13);/q;+1/p-1. The Labute approximate surface area is 119 Å². The molecule has 0 saturated carbocycles. The normalized spacial score (nSPS) is 10.9. The Kier molecular flexibility index (Phi) is 4.72. The fourth-order valence-electron chi connectivity index (χ4n) is 0.682. The maximum absolute atomic E-state index is 11.9. The number of halogens is 3. The third kappa shape index (κ3) is 3.02. The summed E-state index contributed by atoms with van der Waals surface area (Å²) >= 11 is 0. The molecule has 72 valence electrons. The van der Waals surface area contributed by atoms with Gasteiger partial charge in [0.25, 0.3) is 5.82 Å². The number of nitrogens with zero attached hydrogens (tertiary/aromatic N) is 3. The molecule has 14 heavy (non-hydrogen) atoms. The van der Waals surface area contributed by atoms with Gasteiger partial charge in [0.15, 0.2) is 5.82 Å². The molecule has 0 aromatic carbocycles. The molecule has 5 nitrogen and oxygen atoms in total. The largest absolute Gasteiger partial charge is 1.00 e. The number of aromatic nitrogens is 3. The molecule has 0 atom stereocenters. The minimum absolute atomic E-state index is 0. The van der Waals surface area contributed by atoms with Crippen molar-refractivity contribution in [3.8, 4) is 0 Å². The van der Waals surface area contributed by atoms with Crippen molar-refractivity contribution >= 4 is 5.97 Å². The van der Waals surface area contributed by atoms with Gasteiger partial charge in [-0.1, -0.05) is 0 Å². The van der Waals surface area contributed by atoms with Crippen molar-refractivity contribution in [2.24, 2.45) is 7.05 Å². The first kappa shape index (κ1) is 14.0. The fourth-order valence-corrected chi connectivity index (χ4v) is 0.682. The van der Waals surface area contributed by atoms with E-state index in [0.717, 1.165) is 7.05 Å². The average molecular weight is 233 g/mol. The van der Waals surface area contributed by atoms with Crippen molar-refractivity contribution in [2.45, 2.75) is 6.18 Å². The number of aryl methyl sites for hydroxylation is 1. The van der Waals surface area contributed by atoms with Gasteiger partial charge >= 0.3 is 57.6 Å². The van der Waals surface area contributed by atoms with Crippen LogP contribution in [0.4, 0.5) is 13.2 Å². The smallest absolute Gasteiger partial charge is 0.542 e. The minimum Gasteiger partial charge on any atom is -0.542 e. The first-order valence-corrected chi connectivity index (χ1v) is 3.02. The first-order chi connectivity index (χ1) is 5.82. The van der Waals surface area contributed by atoms with E-state index in [0.29, 0.717) is 4.68 Å². The Bertz CT molecular complexity index is 348. The van der Waals surface area contributed by atoms with E-state index in [9.17, 15) is 23.1 Å². The maximum atomic E-state index is 11.9. The second kappa shape index (κ2) is 4.70. The van der Waals surface area contributed by atoms with Crippen LogP contribution in [0.25, 0.3) is 0 Å². The monoisotopic (exact) mass is 233 g/mol. The van der Waals surface area contributed by atoms with Gasteiger partial charge < -0.3 is 9.90 Å². The van der Waals surface area contributed by atoms with E-state index in [1.54, 1.807) is 0 Å². The molecule has 0 N–H and O–H groups in total. The maximum Gasteiger partial charge on any atom is 1.00 e.